The van der Waals surface area contributed by atoms with E-state index < -0.39 is 0 Å². The highest BCUT2D eigenvalue weighted by Crippen LogP contribution is 1.99. The van der Waals surface area contributed by atoms with E-state index in [1.165, 1.54) is 5.56 Å². The van der Waals surface area contributed by atoms with Crippen LogP contribution in [0.4, 0.5) is 0 Å². The van der Waals surface area contributed by atoms with Gasteiger partial charge in [0.25, 0.3) is 0 Å². The van der Waals surface area contributed by atoms with Crippen LogP contribution < -0.4 is 5.32 Å². The van der Waals surface area contributed by atoms with Gasteiger partial charge in [0.05, 0.1) is 0 Å². The van der Waals surface area contributed by atoms with Crippen LogP contribution in [0.25, 0.3) is 0 Å². The zero-order chi connectivity index (χ0) is 9.52. The highest BCUT2D eigenvalue weighted by Gasteiger charge is 2.00. The fourth-order valence-corrected chi connectivity index (χ4v) is 1.21. The first-order valence-corrected chi connectivity index (χ1v) is 4.78. The van der Waals surface area contributed by atoms with Gasteiger partial charge in [-0.05, 0) is 12.0 Å². The van der Waals surface area contributed by atoms with E-state index in [4.69, 9.17) is 0 Å². The molecule has 1 atom stereocenters. The van der Waals surface area contributed by atoms with Gasteiger partial charge in [0.15, 0.2) is 0 Å². The molecular formula is C11H17NO. The molecule has 1 aromatic carbocycles. The second-order valence-corrected chi connectivity index (χ2v) is 3.17. The Kier molecular flexibility index (Phi) is 4.50. The van der Waals surface area contributed by atoms with Gasteiger partial charge in [0.1, 0.15) is 6.23 Å². The van der Waals surface area contributed by atoms with Crippen molar-refractivity contribution in [3.05, 3.63) is 35.9 Å². The lowest BCUT2D eigenvalue weighted by Gasteiger charge is -2.11. The molecule has 1 aromatic rings. The number of benzene rings is 1. The lowest BCUT2D eigenvalue weighted by Crippen LogP contribution is -2.27. The van der Waals surface area contributed by atoms with Gasteiger partial charge in [-0.2, -0.15) is 0 Å². The monoisotopic (exact) mass is 179 g/mol. The molecule has 0 aliphatic carbocycles. The van der Waals surface area contributed by atoms with Crippen LogP contribution in [0, 0.1) is 0 Å². The minimum atomic E-state index is -0.370. The van der Waals surface area contributed by atoms with Crippen LogP contribution in [0.5, 0.6) is 0 Å². The van der Waals surface area contributed by atoms with Gasteiger partial charge >= 0.3 is 0 Å². The van der Waals surface area contributed by atoms with E-state index in [0.717, 1.165) is 19.4 Å². The van der Waals surface area contributed by atoms with Crippen molar-refractivity contribution in [2.45, 2.75) is 32.5 Å². The van der Waals surface area contributed by atoms with E-state index in [1.807, 2.05) is 30.3 Å². The highest BCUT2D eigenvalue weighted by atomic mass is 16.3. The number of aliphatic hydroxyl groups excluding tert-OH is 1. The van der Waals surface area contributed by atoms with Gasteiger partial charge in [-0.3, -0.25) is 5.32 Å². The molecule has 1 unspecified atom stereocenters. The predicted molar refractivity (Wildman–Crippen MR) is 54.2 cm³/mol. The summed E-state index contributed by atoms with van der Waals surface area (Å²) in [5.74, 6) is 0. The molecule has 0 bridgehead atoms. The van der Waals surface area contributed by atoms with Gasteiger partial charge < -0.3 is 5.11 Å². The highest BCUT2D eigenvalue weighted by molar-refractivity contribution is 5.14. The maximum atomic E-state index is 9.40. The van der Waals surface area contributed by atoms with Crippen molar-refractivity contribution in [2.24, 2.45) is 0 Å². The molecule has 72 valence electrons. The number of hydrogen-bond donors (Lipinski definition) is 2. The lowest BCUT2D eigenvalue weighted by molar-refractivity contribution is 0.125. The molecule has 0 fully saturated rings. The third-order valence-electron chi connectivity index (χ3n) is 1.95. The number of nitrogens with one attached hydrogen (secondary N) is 1. The Hall–Kier alpha value is -0.860. The molecular weight excluding hydrogens is 162 g/mol. The summed E-state index contributed by atoms with van der Waals surface area (Å²) in [5.41, 5.74) is 1.21. The Bertz CT molecular complexity index is 223. The zero-order valence-corrected chi connectivity index (χ0v) is 8.03. The second kappa shape index (κ2) is 5.73. The molecule has 0 radical (unpaired) electrons. The molecule has 2 heteroatoms. The van der Waals surface area contributed by atoms with E-state index in [-0.39, 0.29) is 6.23 Å². The van der Waals surface area contributed by atoms with Crippen LogP contribution in [-0.4, -0.2) is 11.3 Å². The van der Waals surface area contributed by atoms with Crippen molar-refractivity contribution in [1.82, 2.24) is 5.32 Å². The Balaban J connectivity index is 2.27. The Labute approximate surface area is 79.6 Å². The number of aliphatic hydroxyl groups is 1. The van der Waals surface area contributed by atoms with Crippen LogP contribution in [0.1, 0.15) is 25.3 Å². The maximum absolute atomic E-state index is 9.40. The van der Waals surface area contributed by atoms with E-state index in [0.29, 0.717) is 0 Å². The normalized spacial score (nSPS) is 12.8. The summed E-state index contributed by atoms with van der Waals surface area (Å²) in [6, 6.07) is 10.1. The molecule has 0 amide bonds. The van der Waals surface area contributed by atoms with E-state index >= 15 is 0 Å². The maximum Gasteiger partial charge on any atom is 0.105 e. The summed E-state index contributed by atoms with van der Waals surface area (Å²) in [6.45, 7) is 2.80. The molecule has 13 heavy (non-hydrogen) atoms. The van der Waals surface area contributed by atoms with Crippen LogP contribution in [-0.2, 0) is 6.54 Å². The fourth-order valence-electron chi connectivity index (χ4n) is 1.21. The van der Waals surface area contributed by atoms with Crippen molar-refractivity contribution in [3.63, 3.8) is 0 Å². The molecule has 0 saturated carbocycles. The number of rotatable bonds is 5. The summed E-state index contributed by atoms with van der Waals surface area (Å²) in [4.78, 5) is 0. The summed E-state index contributed by atoms with van der Waals surface area (Å²) < 4.78 is 0. The molecule has 2 N–H and O–H groups in total. The Morgan fingerprint density at radius 2 is 2.00 bits per heavy atom. The van der Waals surface area contributed by atoms with Crippen LogP contribution in [0.15, 0.2) is 30.3 Å². The first-order chi connectivity index (χ1) is 6.33. The van der Waals surface area contributed by atoms with E-state index in [9.17, 15) is 5.11 Å². The first-order valence-electron chi connectivity index (χ1n) is 4.78. The molecule has 0 heterocycles. The van der Waals surface area contributed by atoms with Gasteiger partial charge in [-0.15, -0.1) is 0 Å². The number of hydrogen-bond acceptors (Lipinski definition) is 2. The standard InChI is InChI=1S/C11H17NO/c1-2-6-11(13)12-9-10-7-4-3-5-8-10/h3-5,7-8,11-13H,2,6,9H2,1H3. The van der Waals surface area contributed by atoms with Crippen molar-refractivity contribution >= 4 is 0 Å². The first kappa shape index (κ1) is 10.2. The van der Waals surface area contributed by atoms with Gasteiger partial charge in [0, 0.05) is 6.54 Å². The molecule has 0 saturated heterocycles. The van der Waals surface area contributed by atoms with Crippen molar-refractivity contribution in [1.29, 1.82) is 0 Å². The van der Waals surface area contributed by atoms with Crippen LogP contribution in [0.2, 0.25) is 0 Å². The van der Waals surface area contributed by atoms with E-state index in [1.54, 1.807) is 0 Å². The molecule has 0 aliphatic heterocycles. The molecule has 2 nitrogen and oxygen atoms in total. The van der Waals surface area contributed by atoms with Crippen LogP contribution in [0.3, 0.4) is 0 Å². The fraction of sp³-hybridized carbons (Fsp3) is 0.455. The topological polar surface area (TPSA) is 32.3 Å². The Morgan fingerprint density at radius 3 is 2.62 bits per heavy atom. The molecule has 0 spiro atoms. The van der Waals surface area contributed by atoms with Crippen molar-refractivity contribution in [2.75, 3.05) is 0 Å². The van der Waals surface area contributed by atoms with Gasteiger partial charge in [0.2, 0.25) is 0 Å². The quantitative estimate of drug-likeness (QED) is 0.677. The molecule has 0 aliphatic rings. The minimum Gasteiger partial charge on any atom is -0.379 e. The largest absolute Gasteiger partial charge is 0.379 e. The smallest absolute Gasteiger partial charge is 0.105 e. The lowest BCUT2D eigenvalue weighted by atomic mass is 10.2. The SMILES string of the molecule is CCCC(O)NCc1ccccc1. The van der Waals surface area contributed by atoms with Crippen molar-refractivity contribution in [3.8, 4) is 0 Å². The second-order valence-electron chi connectivity index (χ2n) is 3.17. The Morgan fingerprint density at radius 1 is 1.31 bits per heavy atom. The average molecular weight is 179 g/mol. The zero-order valence-electron chi connectivity index (χ0n) is 8.03. The minimum absolute atomic E-state index is 0.370. The third-order valence-corrected chi connectivity index (χ3v) is 1.95. The van der Waals surface area contributed by atoms with Gasteiger partial charge in [-0.1, -0.05) is 43.7 Å². The van der Waals surface area contributed by atoms with Crippen LogP contribution >= 0.6 is 0 Å². The summed E-state index contributed by atoms with van der Waals surface area (Å²) >= 11 is 0. The summed E-state index contributed by atoms with van der Waals surface area (Å²) in [6.07, 6.45) is 1.45. The van der Waals surface area contributed by atoms with Crippen molar-refractivity contribution < 1.29 is 5.11 Å². The van der Waals surface area contributed by atoms with Gasteiger partial charge in [-0.25, -0.2) is 0 Å². The van der Waals surface area contributed by atoms with E-state index in [2.05, 4.69) is 12.2 Å². The summed E-state index contributed by atoms with van der Waals surface area (Å²) in [5, 5.41) is 12.5. The molecule has 1 rings (SSSR count). The third kappa shape index (κ3) is 4.06. The average Bonchev–Trinajstić information content (AvgIpc) is 2.17. The molecule has 0 aromatic heterocycles. The predicted octanol–water partition coefficient (Wildman–Crippen LogP) is 1.89. The summed E-state index contributed by atoms with van der Waals surface area (Å²) in [7, 11) is 0.